The topological polar surface area (TPSA) is 52.7 Å². The second-order valence-corrected chi connectivity index (χ2v) is 11.0. The van der Waals surface area contributed by atoms with Crippen LogP contribution < -0.4 is 5.32 Å². The highest BCUT2D eigenvalue weighted by molar-refractivity contribution is 8.04. The summed E-state index contributed by atoms with van der Waals surface area (Å²) in [6.07, 6.45) is 4.61. The van der Waals surface area contributed by atoms with Crippen molar-refractivity contribution in [3.63, 3.8) is 0 Å². The van der Waals surface area contributed by atoms with E-state index >= 15 is 0 Å². The van der Waals surface area contributed by atoms with Crippen LogP contribution in [0.4, 0.5) is 0 Å². The summed E-state index contributed by atoms with van der Waals surface area (Å²) in [7, 11) is 0. The van der Waals surface area contributed by atoms with Gasteiger partial charge in [-0.25, -0.2) is 0 Å². The van der Waals surface area contributed by atoms with Gasteiger partial charge in [0.1, 0.15) is 0 Å². The molecule has 2 aromatic rings. The van der Waals surface area contributed by atoms with Gasteiger partial charge in [-0.05, 0) is 43.4 Å². The molecule has 34 heavy (non-hydrogen) atoms. The number of amides is 2. The van der Waals surface area contributed by atoms with E-state index in [0.717, 1.165) is 62.5 Å². The first-order chi connectivity index (χ1) is 16.5. The van der Waals surface area contributed by atoms with Crippen molar-refractivity contribution in [3.05, 3.63) is 76.2 Å². The number of thioether (sulfide) groups is 1. The first-order valence-electron chi connectivity index (χ1n) is 12.4. The van der Waals surface area contributed by atoms with Crippen molar-refractivity contribution in [2.24, 2.45) is 5.92 Å². The number of carbonyl (C=O) groups is 2. The molecule has 0 bridgehead atoms. The first kappa shape index (κ1) is 23.2. The van der Waals surface area contributed by atoms with Gasteiger partial charge in [-0.2, -0.15) is 0 Å². The molecule has 2 aromatic carbocycles. The van der Waals surface area contributed by atoms with E-state index in [-0.39, 0.29) is 23.8 Å². The summed E-state index contributed by atoms with van der Waals surface area (Å²) >= 11 is 1.69. The Bertz CT molecular complexity index is 1050. The van der Waals surface area contributed by atoms with Crippen molar-refractivity contribution >= 4 is 29.7 Å². The minimum Gasteiger partial charge on any atom is -0.348 e. The van der Waals surface area contributed by atoms with E-state index in [1.165, 1.54) is 11.1 Å². The molecule has 3 unspecified atom stereocenters. The van der Waals surface area contributed by atoms with Gasteiger partial charge in [0.25, 0.3) is 5.91 Å². The molecule has 1 saturated carbocycles. The molecule has 2 aliphatic heterocycles. The molecule has 6 heteroatoms. The van der Waals surface area contributed by atoms with Gasteiger partial charge < -0.3 is 10.2 Å². The van der Waals surface area contributed by atoms with Gasteiger partial charge in [0, 0.05) is 49.9 Å². The summed E-state index contributed by atoms with van der Waals surface area (Å²) < 4.78 is 0. The van der Waals surface area contributed by atoms with Gasteiger partial charge in [0.2, 0.25) is 5.91 Å². The van der Waals surface area contributed by atoms with E-state index in [1.54, 1.807) is 11.8 Å². The molecule has 1 N–H and O–H groups in total. The molecule has 0 radical (unpaired) electrons. The highest BCUT2D eigenvalue weighted by Gasteiger charge is 2.40. The summed E-state index contributed by atoms with van der Waals surface area (Å²) in [5.41, 5.74) is 3.59. The van der Waals surface area contributed by atoms with Crippen molar-refractivity contribution in [3.8, 4) is 0 Å². The number of hydrogen-bond donors (Lipinski definition) is 1. The van der Waals surface area contributed by atoms with E-state index in [9.17, 15) is 9.59 Å². The van der Waals surface area contributed by atoms with Crippen molar-refractivity contribution in [2.45, 2.75) is 44.0 Å². The lowest BCUT2D eigenvalue weighted by Gasteiger charge is -2.42. The lowest BCUT2D eigenvalue weighted by atomic mass is 9.84. The second-order valence-electron chi connectivity index (χ2n) is 9.75. The quantitative estimate of drug-likeness (QED) is 0.677. The molecule has 3 atom stereocenters. The zero-order valence-corrected chi connectivity index (χ0v) is 20.6. The Labute approximate surface area is 206 Å². The highest BCUT2D eigenvalue weighted by atomic mass is 32.2. The molecule has 0 spiro atoms. The molecular formula is C28H33N3O2S. The molecule has 2 amide bonds. The molecule has 5 rings (SSSR count). The molecule has 178 valence electrons. The Kier molecular flexibility index (Phi) is 7.07. The predicted octanol–water partition coefficient (Wildman–Crippen LogP) is 4.08. The average molecular weight is 476 g/mol. The van der Waals surface area contributed by atoms with Gasteiger partial charge >= 0.3 is 0 Å². The Morgan fingerprint density at radius 2 is 1.76 bits per heavy atom. The minimum absolute atomic E-state index is 0.00514. The summed E-state index contributed by atoms with van der Waals surface area (Å²) in [6, 6.07) is 18.8. The third-order valence-corrected chi connectivity index (χ3v) is 8.69. The molecule has 0 aromatic heterocycles. The lowest BCUT2D eigenvalue weighted by molar-refractivity contribution is -0.139. The fraction of sp³-hybridized carbons (Fsp3) is 0.429. The van der Waals surface area contributed by atoms with Crippen LogP contribution in [0.25, 0.3) is 6.08 Å². The first-order valence-corrected chi connectivity index (χ1v) is 13.2. The van der Waals surface area contributed by atoms with E-state index in [1.807, 2.05) is 17.0 Å². The predicted molar refractivity (Wildman–Crippen MR) is 138 cm³/mol. The average Bonchev–Trinajstić information content (AvgIpc) is 2.86. The second kappa shape index (κ2) is 10.4. The number of nitrogens with one attached hydrogen (secondary N) is 1. The molecule has 2 heterocycles. The molecule has 5 nitrogen and oxygen atoms in total. The Morgan fingerprint density at radius 3 is 2.50 bits per heavy atom. The van der Waals surface area contributed by atoms with Crippen LogP contribution in [0.3, 0.4) is 0 Å². The SMILES string of the molecule is Cc1ccc(/C=C2/SC3CCC(C(=O)N4CCN(Cc5ccccc5)CC4)CC3NC2=O)cc1. The van der Waals surface area contributed by atoms with Gasteiger partial charge in [-0.3, -0.25) is 14.5 Å². The summed E-state index contributed by atoms with van der Waals surface area (Å²) in [4.78, 5) is 31.3. The minimum atomic E-state index is -0.00514. The van der Waals surface area contributed by atoms with Crippen LogP contribution in [0.15, 0.2) is 59.5 Å². The van der Waals surface area contributed by atoms with Crippen LogP contribution in [-0.2, 0) is 16.1 Å². The van der Waals surface area contributed by atoms with E-state index in [2.05, 4.69) is 65.7 Å². The zero-order valence-electron chi connectivity index (χ0n) is 19.8. The van der Waals surface area contributed by atoms with Crippen molar-refractivity contribution in [1.82, 2.24) is 15.1 Å². The number of piperazine rings is 1. The molecule has 1 aliphatic carbocycles. The monoisotopic (exact) mass is 475 g/mol. The number of hydrogen-bond acceptors (Lipinski definition) is 4. The number of aryl methyl sites for hydroxylation is 1. The fourth-order valence-electron chi connectivity index (χ4n) is 5.26. The van der Waals surface area contributed by atoms with Crippen molar-refractivity contribution in [1.29, 1.82) is 0 Å². The van der Waals surface area contributed by atoms with Crippen LogP contribution in [0.2, 0.25) is 0 Å². The highest BCUT2D eigenvalue weighted by Crippen LogP contribution is 2.40. The Morgan fingerprint density at radius 1 is 1.03 bits per heavy atom. The van der Waals surface area contributed by atoms with Gasteiger partial charge in [-0.15, -0.1) is 11.8 Å². The molecule has 3 fully saturated rings. The molecule has 2 saturated heterocycles. The van der Waals surface area contributed by atoms with Crippen LogP contribution in [-0.4, -0.2) is 59.1 Å². The molecular weight excluding hydrogens is 442 g/mol. The fourth-order valence-corrected chi connectivity index (χ4v) is 6.55. The maximum atomic E-state index is 13.3. The lowest BCUT2D eigenvalue weighted by Crippen LogP contribution is -2.54. The van der Waals surface area contributed by atoms with Crippen LogP contribution in [0.1, 0.15) is 36.0 Å². The third-order valence-electron chi connectivity index (χ3n) is 7.26. The number of rotatable bonds is 4. The van der Waals surface area contributed by atoms with Crippen LogP contribution in [0.5, 0.6) is 0 Å². The van der Waals surface area contributed by atoms with Gasteiger partial charge in [-0.1, -0.05) is 60.2 Å². The van der Waals surface area contributed by atoms with E-state index in [0.29, 0.717) is 5.25 Å². The third kappa shape index (κ3) is 5.39. The number of fused-ring (bicyclic) bond motifs is 1. The maximum Gasteiger partial charge on any atom is 0.257 e. The summed E-state index contributed by atoms with van der Waals surface area (Å²) in [5.74, 6) is 0.290. The largest absolute Gasteiger partial charge is 0.348 e. The smallest absolute Gasteiger partial charge is 0.257 e. The van der Waals surface area contributed by atoms with E-state index < -0.39 is 0 Å². The number of carbonyl (C=O) groups excluding carboxylic acids is 2. The number of benzene rings is 2. The Balaban J connectivity index is 1.14. The maximum absolute atomic E-state index is 13.3. The van der Waals surface area contributed by atoms with Crippen LogP contribution in [0, 0.1) is 12.8 Å². The van der Waals surface area contributed by atoms with E-state index in [4.69, 9.17) is 0 Å². The number of nitrogens with zero attached hydrogens (tertiary/aromatic N) is 2. The van der Waals surface area contributed by atoms with Crippen molar-refractivity contribution < 1.29 is 9.59 Å². The van der Waals surface area contributed by atoms with Gasteiger partial charge in [0.15, 0.2) is 0 Å². The summed E-state index contributed by atoms with van der Waals surface area (Å²) in [5, 5.41) is 3.56. The summed E-state index contributed by atoms with van der Waals surface area (Å²) in [6.45, 7) is 6.42. The Hall–Kier alpha value is -2.57. The molecule has 3 aliphatic rings. The normalized spacial score (nSPS) is 26.7. The van der Waals surface area contributed by atoms with Crippen LogP contribution >= 0.6 is 11.8 Å². The van der Waals surface area contributed by atoms with Gasteiger partial charge in [0.05, 0.1) is 4.91 Å². The standard InChI is InChI=1S/C28H33N3O2S/c1-20-7-9-21(10-8-20)17-26-27(32)29-24-18-23(11-12-25(24)34-26)28(33)31-15-13-30(14-16-31)19-22-5-3-2-4-6-22/h2-10,17,23-25H,11-16,18-19H2,1H3,(H,29,32)/b26-17+. The van der Waals surface area contributed by atoms with Crippen molar-refractivity contribution in [2.75, 3.05) is 26.2 Å². The zero-order chi connectivity index (χ0) is 23.5.